The molecular formula is C26H38N2O. The minimum atomic E-state index is 0.0170. The Morgan fingerprint density at radius 3 is 2.45 bits per heavy atom. The molecule has 0 aromatic heterocycles. The van der Waals surface area contributed by atoms with Crippen LogP contribution in [-0.4, -0.2) is 17.9 Å². The molecule has 3 heteroatoms. The highest BCUT2D eigenvalue weighted by atomic mass is 16.7. The molecule has 0 fully saturated rings. The average Bonchev–Trinajstić information content (AvgIpc) is 2.73. The fraction of sp³-hybridized carbons (Fsp3) is 0.423. The van der Waals surface area contributed by atoms with Crippen LogP contribution in [0, 0.1) is 0 Å². The van der Waals surface area contributed by atoms with Crippen LogP contribution in [0.4, 0.5) is 0 Å². The minimum absolute atomic E-state index is 0.0170. The standard InChI is InChI=1S/C26H38N2O/c1-8-20(4)16-17-21(5)18-26(23(7)27-25(9-2)10-3)28-29-22(6)19-24-14-12-11-13-15-24/h8-9,11-17,22,26,28H,1,10,18-19H2,2-7H3/b20-16-,21-17+,25-9-,27-23+/t22-,26-/m0/s1. The van der Waals surface area contributed by atoms with E-state index in [1.807, 2.05) is 26.0 Å². The zero-order chi connectivity index (χ0) is 21.6. The third-order valence-corrected chi connectivity index (χ3v) is 4.78. The third kappa shape index (κ3) is 10.2. The van der Waals surface area contributed by atoms with Crippen LogP contribution < -0.4 is 5.48 Å². The van der Waals surface area contributed by atoms with Crippen LogP contribution in [0.15, 0.2) is 83.1 Å². The quantitative estimate of drug-likeness (QED) is 0.242. The number of hydrogen-bond donors (Lipinski definition) is 1. The van der Waals surface area contributed by atoms with Crippen molar-refractivity contribution in [1.82, 2.24) is 5.48 Å². The second-order valence-corrected chi connectivity index (χ2v) is 7.51. The van der Waals surface area contributed by atoms with E-state index < -0.39 is 0 Å². The van der Waals surface area contributed by atoms with Gasteiger partial charge in [0.25, 0.3) is 0 Å². The molecule has 0 unspecified atom stereocenters. The predicted molar refractivity (Wildman–Crippen MR) is 127 cm³/mol. The average molecular weight is 395 g/mol. The van der Waals surface area contributed by atoms with Crippen molar-refractivity contribution in [2.24, 2.45) is 4.99 Å². The predicted octanol–water partition coefficient (Wildman–Crippen LogP) is 6.75. The first-order valence-corrected chi connectivity index (χ1v) is 10.5. The molecule has 1 aromatic rings. The number of aliphatic imine (C=N–C) groups is 1. The van der Waals surface area contributed by atoms with Crippen molar-refractivity contribution in [2.75, 3.05) is 0 Å². The Balaban J connectivity index is 2.87. The lowest BCUT2D eigenvalue weighted by Crippen LogP contribution is -2.38. The van der Waals surface area contributed by atoms with Gasteiger partial charge >= 0.3 is 0 Å². The number of hydroxylamine groups is 1. The summed E-state index contributed by atoms with van der Waals surface area (Å²) in [6, 6.07) is 10.4. The summed E-state index contributed by atoms with van der Waals surface area (Å²) in [5.41, 5.74) is 9.09. The fourth-order valence-electron chi connectivity index (χ4n) is 2.84. The van der Waals surface area contributed by atoms with Gasteiger partial charge in [0.15, 0.2) is 0 Å². The fourth-order valence-corrected chi connectivity index (χ4v) is 2.84. The largest absolute Gasteiger partial charge is 0.298 e. The van der Waals surface area contributed by atoms with E-state index in [9.17, 15) is 0 Å². The molecule has 0 radical (unpaired) electrons. The van der Waals surface area contributed by atoms with Crippen molar-refractivity contribution in [3.05, 3.63) is 83.6 Å². The van der Waals surface area contributed by atoms with Gasteiger partial charge in [-0.3, -0.25) is 9.83 Å². The molecule has 1 rings (SSSR count). The molecule has 0 spiro atoms. The lowest BCUT2D eigenvalue weighted by Gasteiger charge is -2.22. The van der Waals surface area contributed by atoms with E-state index >= 15 is 0 Å². The molecular weight excluding hydrogens is 356 g/mol. The molecule has 0 amide bonds. The van der Waals surface area contributed by atoms with Crippen LogP contribution in [0.5, 0.6) is 0 Å². The highest BCUT2D eigenvalue weighted by Gasteiger charge is 2.15. The zero-order valence-electron chi connectivity index (χ0n) is 19.0. The molecule has 3 nitrogen and oxygen atoms in total. The molecule has 0 aliphatic carbocycles. The number of rotatable bonds is 12. The molecule has 2 atom stereocenters. The molecule has 158 valence electrons. The van der Waals surface area contributed by atoms with Gasteiger partial charge in [-0.1, -0.05) is 79.3 Å². The van der Waals surface area contributed by atoms with Crippen LogP contribution in [0.25, 0.3) is 0 Å². The van der Waals surface area contributed by atoms with Crippen LogP contribution >= 0.6 is 0 Å². The number of allylic oxidation sites excluding steroid dienone is 6. The molecule has 0 saturated carbocycles. The summed E-state index contributed by atoms with van der Waals surface area (Å²) in [6.07, 6.45) is 10.8. The summed E-state index contributed by atoms with van der Waals surface area (Å²) in [5, 5.41) is 0. The van der Waals surface area contributed by atoms with E-state index in [0.717, 1.165) is 36.2 Å². The molecule has 0 aliphatic heterocycles. The van der Waals surface area contributed by atoms with Gasteiger partial charge in [-0.2, -0.15) is 5.48 Å². The van der Waals surface area contributed by atoms with Crippen molar-refractivity contribution in [3.8, 4) is 0 Å². The van der Waals surface area contributed by atoms with Crippen molar-refractivity contribution < 1.29 is 4.84 Å². The van der Waals surface area contributed by atoms with Gasteiger partial charge in [0.2, 0.25) is 0 Å². The SMILES string of the molecule is C=C/C(C)=C\C=C(/C)C[C@H](NO[C@@H](C)Cc1ccccc1)/C(C)=N/C(=C\C)CC. The third-order valence-electron chi connectivity index (χ3n) is 4.78. The van der Waals surface area contributed by atoms with Crippen molar-refractivity contribution in [1.29, 1.82) is 0 Å². The highest BCUT2D eigenvalue weighted by Crippen LogP contribution is 2.12. The molecule has 0 saturated heterocycles. The number of hydrogen-bond acceptors (Lipinski definition) is 3. The Kier molecular flexibility index (Phi) is 11.9. The van der Waals surface area contributed by atoms with E-state index in [1.165, 1.54) is 11.1 Å². The van der Waals surface area contributed by atoms with E-state index in [1.54, 1.807) is 0 Å². The van der Waals surface area contributed by atoms with Crippen molar-refractivity contribution in [2.45, 2.75) is 73.0 Å². The lowest BCUT2D eigenvalue weighted by atomic mass is 10.0. The van der Waals surface area contributed by atoms with Crippen molar-refractivity contribution in [3.63, 3.8) is 0 Å². The Bertz CT molecular complexity index is 741. The lowest BCUT2D eigenvalue weighted by molar-refractivity contribution is -0.0231. The highest BCUT2D eigenvalue weighted by molar-refractivity contribution is 5.88. The molecule has 1 N–H and O–H groups in total. The molecule has 0 bridgehead atoms. The van der Waals surface area contributed by atoms with Crippen LogP contribution in [-0.2, 0) is 11.3 Å². The monoisotopic (exact) mass is 394 g/mol. The van der Waals surface area contributed by atoms with E-state index in [4.69, 9.17) is 9.83 Å². The van der Waals surface area contributed by atoms with Crippen LogP contribution in [0.2, 0.25) is 0 Å². The summed E-state index contributed by atoms with van der Waals surface area (Å²) >= 11 is 0. The van der Waals surface area contributed by atoms with Gasteiger partial charge < -0.3 is 0 Å². The van der Waals surface area contributed by atoms with Gasteiger partial charge in [0, 0.05) is 17.8 Å². The Morgan fingerprint density at radius 1 is 1.17 bits per heavy atom. The second kappa shape index (κ2) is 13.9. The van der Waals surface area contributed by atoms with Crippen molar-refractivity contribution >= 4 is 5.71 Å². The molecule has 0 heterocycles. The van der Waals surface area contributed by atoms with Crippen LogP contribution in [0.3, 0.4) is 0 Å². The second-order valence-electron chi connectivity index (χ2n) is 7.51. The van der Waals surface area contributed by atoms with Gasteiger partial charge in [-0.25, -0.2) is 0 Å². The van der Waals surface area contributed by atoms with Gasteiger partial charge in [-0.05, 0) is 53.0 Å². The first kappa shape index (κ1) is 24.8. The van der Waals surface area contributed by atoms with E-state index in [-0.39, 0.29) is 12.1 Å². The molecule has 29 heavy (non-hydrogen) atoms. The maximum Gasteiger partial charge on any atom is 0.0802 e. The van der Waals surface area contributed by atoms with E-state index in [0.29, 0.717) is 0 Å². The Morgan fingerprint density at radius 2 is 1.86 bits per heavy atom. The first-order chi connectivity index (χ1) is 13.9. The number of nitrogens with one attached hydrogen (secondary N) is 1. The molecule has 1 aromatic carbocycles. The first-order valence-electron chi connectivity index (χ1n) is 10.5. The van der Waals surface area contributed by atoms with Gasteiger partial charge in [0.1, 0.15) is 0 Å². The maximum atomic E-state index is 6.02. The molecule has 0 aliphatic rings. The topological polar surface area (TPSA) is 33.6 Å². The summed E-state index contributed by atoms with van der Waals surface area (Å²) in [7, 11) is 0. The number of nitrogens with zero attached hydrogens (tertiary/aromatic N) is 1. The summed E-state index contributed by atoms with van der Waals surface area (Å²) < 4.78 is 0. The Labute approximate surface area is 177 Å². The number of benzene rings is 1. The summed E-state index contributed by atoms with van der Waals surface area (Å²) in [4.78, 5) is 10.8. The van der Waals surface area contributed by atoms with Gasteiger partial charge in [0.05, 0.1) is 12.1 Å². The smallest absolute Gasteiger partial charge is 0.0802 e. The zero-order valence-corrected chi connectivity index (χ0v) is 19.0. The van der Waals surface area contributed by atoms with Crippen LogP contribution in [0.1, 0.15) is 59.9 Å². The van der Waals surface area contributed by atoms with E-state index in [2.05, 4.69) is 82.2 Å². The summed E-state index contributed by atoms with van der Waals surface area (Å²) in [6.45, 7) is 16.3. The minimum Gasteiger partial charge on any atom is -0.298 e. The normalized spacial score (nSPS) is 15.9. The summed E-state index contributed by atoms with van der Waals surface area (Å²) in [5.74, 6) is 0. The maximum absolute atomic E-state index is 6.02. The Hall–Kier alpha value is -2.23. The van der Waals surface area contributed by atoms with Gasteiger partial charge in [-0.15, -0.1) is 0 Å².